The van der Waals surface area contributed by atoms with Gasteiger partial charge in [-0.1, -0.05) is 19.1 Å². The van der Waals surface area contributed by atoms with Crippen molar-refractivity contribution in [2.45, 2.75) is 13.5 Å². The van der Waals surface area contributed by atoms with Gasteiger partial charge in [0.1, 0.15) is 0 Å². The summed E-state index contributed by atoms with van der Waals surface area (Å²) in [4.78, 5) is 12.0. The molecule has 1 aromatic heterocycles. The fourth-order valence-corrected chi connectivity index (χ4v) is 1.49. The Bertz CT molecular complexity index is 402. The second-order valence-corrected chi connectivity index (χ2v) is 4.44. The smallest absolute Gasteiger partial charge is 0.264 e. The Morgan fingerprint density at radius 2 is 2.43 bits per heavy atom. The number of halogens is 1. The molecule has 1 atom stereocenters. The van der Waals surface area contributed by atoms with Crippen LogP contribution in [0.2, 0.25) is 0 Å². The topological polar surface area (TPSA) is 48.0 Å². The van der Waals surface area contributed by atoms with Crippen LogP contribution in [0.25, 0.3) is 0 Å². The molecule has 1 unspecified atom stereocenters. The van der Waals surface area contributed by atoms with E-state index in [1.54, 1.807) is 22.9 Å². The van der Waals surface area contributed by atoms with E-state index >= 15 is 0 Å². The van der Waals surface area contributed by atoms with E-state index in [0.717, 1.165) is 0 Å². The molecule has 1 aromatic rings. The predicted molar refractivity (Wildman–Crippen MR) is 64.4 cm³/mol. The molecule has 0 saturated heterocycles. The number of aromatic nitrogens is 1. The summed E-state index contributed by atoms with van der Waals surface area (Å²) in [6.45, 7) is 2.42. The van der Waals surface area contributed by atoms with Crippen LogP contribution in [0.5, 0.6) is 0 Å². The third kappa shape index (κ3) is 2.65. The van der Waals surface area contributed by atoms with Crippen LogP contribution in [0.3, 0.4) is 0 Å². The van der Waals surface area contributed by atoms with Gasteiger partial charge in [-0.2, -0.15) is 0 Å². The molecule has 0 aromatic carbocycles. The Balaban J connectivity index is 2.93. The van der Waals surface area contributed by atoms with E-state index in [1.807, 2.05) is 6.92 Å². The van der Waals surface area contributed by atoms with Crippen molar-refractivity contribution in [1.29, 1.82) is 0 Å². The van der Waals surface area contributed by atoms with Gasteiger partial charge in [-0.05, 0) is 28.1 Å². The minimum Gasteiger partial charge on any atom is -0.393 e. The molecule has 1 heterocycles. The normalized spacial score (nSPS) is 12.4. The van der Waals surface area contributed by atoms with Crippen molar-refractivity contribution in [3.63, 3.8) is 0 Å². The average molecular weight is 275 g/mol. The van der Waals surface area contributed by atoms with Gasteiger partial charge in [0.25, 0.3) is 5.56 Å². The molecule has 0 saturated carbocycles. The van der Waals surface area contributed by atoms with Crippen LogP contribution in [-0.2, 0) is 6.54 Å². The molecule has 76 valence electrons. The minimum absolute atomic E-state index is 0.0250. The molecular formula is C9H11BrN2OS. The zero-order valence-corrected chi connectivity index (χ0v) is 10.1. The highest BCUT2D eigenvalue weighted by Gasteiger charge is 2.07. The average Bonchev–Trinajstić information content (AvgIpc) is 2.12. The molecular weight excluding hydrogens is 264 g/mol. The van der Waals surface area contributed by atoms with Crippen molar-refractivity contribution in [2.24, 2.45) is 11.7 Å². The number of nitrogens with zero attached hydrogens (tertiary/aromatic N) is 1. The van der Waals surface area contributed by atoms with Crippen LogP contribution in [0, 0.1) is 5.92 Å². The van der Waals surface area contributed by atoms with Crippen molar-refractivity contribution in [2.75, 3.05) is 0 Å². The molecule has 0 aliphatic carbocycles. The van der Waals surface area contributed by atoms with Gasteiger partial charge in [0, 0.05) is 18.7 Å². The SMILES string of the molecule is CC(Cn1cccc(Br)c1=O)C(N)=S. The second kappa shape index (κ2) is 4.70. The molecule has 0 aliphatic heterocycles. The Morgan fingerprint density at radius 3 is 3.00 bits per heavy atom. The highest BCUT2D eigenvalue weighted by atomic mass is 79.9. The van der Waals surface area contributed by atoms with E-state index in [2.05, 4.69) is 15.9 Å². The van der Waals surface area contributed by atoms with Crippen LogP contribution < -0.4 is 11.3 Å². The van der Waals surface area contributed by atoms with Gasteiger partial charge in [0.15, 0.2) is 0 Å². The molecule has 3 nitrogen and oxygen atoms in total. The molecule has 1 rings (SSSR count). The maximum absolute atomic E-state index is 11.6. The quantitative estimate of drug-likeness (QED) is 0.851. The van der Waals surface area contributed by atoms with Crippen molar-refractivity contribution >= 4 is 33.1 Å². The highest BCUT2D eigenvalue weighted by Crippen LogP contribution is 2.03. The largest absolute Gasteiger partial charge is 0.393 e. The van der Waals surface area contributed by atoms with Crippen molar-refractivity contribution < 1.29 is 0 Å². The first-order valence-corrected chi connectivity index (χ1v) is 5.36. The van der Waals surface area contributed by atoms with Crippen LogP contribution in [0.15, 0.2) is 27.6 Å². The third-order valence-corrected chi connectivity index (χ3v) is 2.94. The Kier molecular flexibility index (Phi) is 3.83. The summed E-state index contributed by atoms with van der Waals surface area (Å²) < 4.78 is 2.14. The van der Waals surface area contributed by atoms with Crippen molar-refractivity contribution in [1.82, 2.24) is 4.57 Å². The van der Waals surface area contributed by atoms with E-state index in [4.69, 9.17) is 18.0 Å². The molecule has 0 bridgehead atoms. The highest BCUT2D eigenvalue weighted by molar-refractivity contribution is 9.10. The molecule has 0 amide bonds. The van der Waals surface area contributed by atoms with Crippen molar-refractivity contribution in [3.8, 4) is 0 Å². The molecule has 0 fully saturated rings. The van der Waals surface area contributed by atoms with Crippen LogP contribution in [0.4, 0.5) is 0 Å². The van der Waals surface area contributed by atoms with Gasteiger partial charge < -0.3 is 10.3 Å². The van der Waals surface area contributed by atoms with Gasteiger partial charge in [0.2, 0.25) is 0 Å². The van der Waals surface area contributed by atoms with E-state index in [-0.39, 0.29) is 11.5 Å². The van der Waals surface area contributed by atoms with Gasteiger partial charge in [-0.25, -0.2) is 0 Å². The summed E-state index contributed by atoms with van der Waals surface area (Å²) in [5, 5.41) is 0. The van der Waals surface area contributed by atoms with E-state index < -0.39 is 0 Å². The first kappa shape index (κ1) is 11.4. The van der Waals surface area contributed by atoms with Crippen LogP contribution in [0.1, 0.15) is 6.92 Å². The number of thiocarbonyl (C=S) groups is 1. The van der Waals surface area contributed by atoms with E-state index in [1.165, 1.54) is 0 Å². The Labute approximate surface area is 96.0 Å². The molecule has 0 aliphatic rings. The standard InChI is InChI=1S/C9H11BrN2OS/c1-6(8(11)14)5-12-4-2-3-7(10)9(12)13/h2-4,6H,5H2,1H3,(H2,11,14). The zero-order valence-electron chi connectivity index (χ0n) is 7.74. The summed E-state index contributed by atoms with van der Waals surface area (Å²) in [6, 6.07) is 3.52. The lowest BCUT2D eigenvalue weighted by Crippen LogP contribution is -2.28. The maximum atomic E-state index is 11.6. The Hall–Kier alpha value is -0.680. The van der Waals surface area contributed by atoms with Gasteiger partial charge in [-0.3, -0.25) is 4.79 Å². The molecule has 0 spiro atoms. The van der Waals surface area contributed by atoms with Gasteiger partial charge in [-0.15, -0.1) is 0 Å². The number of hydrogen-bond acceptors (Lipinski definition) is 2. The summed E-state index contributed by atoms with van der Waals surface area (Å²) in [5.41, 5.74) is 5.42. The van der Waals surface area contributed by atoms with Gasteiger partial charge in [0.05, 0.1) is 9.46 Å². The third-order valence-electron chi connectivity index (χ3n) is 1.93. The van der Waals surface area contributed by atoms with Gasteiger partial charge >= 0.3 is 0 Å². The van der Waals surface area contributed by atoms with Crippen molar-refractivity contribution in [3.05, 3.63) is 33.2 Å². The van der Waals surface area contributed by atoms with E-state index in [9.17, 15) is 4.79 Å². The number of rotatable bonds is 3. The molecule has 0 radical (unpaired) electrons. The minimum atomic E-state index is -0.0596. The second-order valence-electron chi connectivity index (χ2n) is 3.12. The lowest BCUT2D eigenvalue weighted by molar-refractivity contribution is 0.579. The monoisotopic (exact) mass is 274 g/mol. The summed E-state index contributed by atoms with van der Waals surface area (Å²) >= 11 is 8.02. The van der Waals surface area contributed by atoms with Crippen LogP contribution >= 0.6 is 28.1 Å². The molecule has 2 N–H and O–H groups in total. The fourth-order valence-electron chi connectivity index (χ4n) is 1.04. The first-order valence-electron chi connectivity index (χ1n) is 4.16. The van der Waals surface area contributed by atoms with E-state index in [0.29, 0.717) is 16.0 Å². The predicted octanol–water partition coefficient (Wildman–Crippen LogP) is 1.53. The number of pyridine rings is 1. The number of hydrogen-bond donors (Lipinski definition) is 1. The summed E-state index contributed by atoms with van der Waals surface area (Å²) in [6.07, 6.45) is 1.72. The lowest BCUT2D eigenvalue weighted by Gasteiger charge is -2.11. The Morgan fingerprint density at radius 1 is 1.79 bits per heavy atom. The molecule has 5 heteroatoms. The summed E-state index contributed by atoms with van der Waals surface area (Å²) in [5.74, 6) is 0.0250. The fraction of sp³-hybridized carbons (Fsp3) is 0.333. The zero-order chi connectivity index (χ0) is 10.7. The summed E-state index contributed by atoms with van der Waals surface area (Å²) in [7, 11) is 0. The number of nitrogens with two attached hydrogens (primary N) is 1. The maximum Gasteiger partial charge on any atom is 0.264 e. The van der Waals surface area contributed by atoms with Crippen LogP contribution in [-0.4, -0.2) is 9.56 Å². The lowest BCUT2D eigenvalue weighted by atomic mass is 10.2. The molecule has 14 heavy (non-hydrogen) atoms. The first-order chi connectivity index (χ1) is 6.52.